The standard InChI is InChI=1S/C17H19ClN4O3S/c1-2-11(7-23)19-16(24)17(25)20-15-13-8-26-9-14(13)21-22(15)12-5-3-4-10(18)6-12/h3-6,11,23H,2,7-9H2,1H3,(H,19,24)(H,20,25)/t11-/m0/s1. The molecule has 26 heavy (non-hydrogen) atoms. The van der Waals surface area contributed by atoms with Crippen molar-refractivity contribution in [1.29, 1.82) is 0 Å². The lowest BCUT2D eigenvalue weighted by Gasteiger charge is -2.15. The number of anilines is 1. The number of hydrogen-bond acceptors (Lipinski definition) is 5. The molecule has 2 heterocycles. The van der Waals surface area contributed by atoms with E-state index in [1.54, 1.807) is 34.6 Å². The average Bonchev–Trinajstić information content (AvgIpc) is 3.22. The van der Waals surface area contributed by atoms with Gasteiger partial charge in [0.2, 0.25) is 0 Å². The fourth-order valence-corrected chi connectivity index (χ4v) is 3.85. The highest BCUT2D eigenvalue weighted by atomic mass is 35.5. The Morgan fingerprint density at radius 3 is 2.88 bits per heavy atom. The van der Waals surface area contributed by atoms with Crippen LogP contribution >= 0.6 is 23.4 Å². The molecular formula is C17H19ClN4O3S. The van der Waals surface area contributed by atoms with E-state index in [0.29, 0.717) is 28.7 Å². The number of amides is 2. The van der Waals surface area contributed by atoms with Gasteiger partial charge < -0.3 is 15.7 Å². The van der Waals surface area contributed by atoms with Crippen molar-refractivity contribution in [1.82, 2.24) is 15.1 Å². The minimum absolute atomic E-state index is 0.220. The van der Waals surface area contributed by atoms with Crippen LogP contribution in [0.1, 0.15) is 24.6 Å². The lowest BCUT2D eigenvalue weighted by atomic mass is 10.2. The van der Waals surface area contributed by atoms with Crippen molar-refractivity contribution in [2.45, 2.75) is 30.9 Å². The van der Waals surface area contributed by atoms with Gasteiger partial charge in [0.15, 0.2) is 0 Å². The zero-order valence-corrected chi connectivity index (χ0v) is 15.7. The summed E-state index contributed by atoms with van der Waals surface area (Å²) in [5.41, 5.74) is 2.49. The monoisotopic (exact) mass is 394 g/mol. The molecule has 138 valence electrons. The van der Waals surface area contributed by atoms with Crippen LogP contribution < -0.4 is 10.6 Å². The fraction of sp³-hybridized carbons (Fsp3) is 0.353. The van der Waals surface area contributed by atoms with Crippen molar-refractivity contribution in [3.8, 4) is 5.69 Å². The molecule has 1 aliphatic rings. The minimum Gasteiger partial charge on any atom is -0.394 e. The summed E-state index contributed by atoms with van der Waals surface area (Å²) in [4.78, 5) is 24.5. The van der Waals surface area contributed by atoms with Gasteiger partial charge in [-0.15, -0.1) is 0 Å². The maximum atomic E-state index is 12.3. The van der Waals surface area contributed by atoms with E-state index >= 15 is 0 Å². The maximum Gasteiger partial charge on any atom is 0.314 e. The molecule has 7 nitrogen and oxygen atoms in total. The number of aromatic nitrogens is 2. The van der Waals surface area contributed by atoms with Crippen LogP contribution in [0.15, 0.2) is 24.3 Å². The molecule has 0 saturated carbocycles. The van der Waals surface area contributed by atoms with E-state index < -0.39 is 17.9 Å². The van der Waals surface area contributed by atoms with Crippen LogP contribution in [0.5, 0.6) is 0 Å². The maximum absolute atomic E-state index is 12.3. The number of benzene rings is 1. The Morgan fingerprint density at radius 2 is 2.19 bits per heavy atom. The van der Waals surface area contributed by atoms with Gasteiger partial charge in [0.1, 0.15) is 5.82 Å². The summed E-state index contributed by atoms with van der Waals surface area (Å²) >= 11 is 7.76. The smallest absolute Gasteiger partial charge is 0.314 e. The predicted molar refractivity (Wildman–Crippen MR) is 102 cm³/mol. The fourth-order valence-electron chi connectivity index (χ4n) is 2.63. The van der Waals surface area contributed by atoms with Gasteiger partial charge in [-0.3, -0.25) is 9.59 Å². The quantitative estimate of drug-likeness (QED) is 0.675. The molecule has 0 aliphatic carbocycles. The Labute approximate surface area is 160 Å². The Balaban J connectivity index is 1.87. The van der Waals surface area contributed by atoms with Crippen molar-refractivity contribution in [2.24, 2.45) is 0 Å². The normalized spacial score (nSPS) is 14.0. The summed E-state index contributed by atoms with van der Waals surface area (Å²) in [6, 6.07) is 6.67. The van der Waals surface area contributed by atoms with Gasteiger partial charge in [0, 0.05) is 22.1 Å². The molecule has 0 unspecified atom stereocenters. The number of rotatable bonds is 5. The number of hydrogen-bond donors (Lipinski definition) is 3. The molecule has 1 aromatic heterocycles. The number of fused-ring (bicyclic) bond motifs is 1. The number of aliphatic hydroxyl groups excluding tert-OH is 1. The Kier molecular flexibility index (Phi) is 5.85. The van der Waals surface area contributed by atoms with Crippen LogP contribution in [0.3, 0.4) is 0 Å². The molecule has 0 saturated heterocycles. The molecule has 0 bridgehead atoms. The molecule has 1 atom stereocenters. The van der Waals surface area contributed by atoms with E-state index in [-0.39, 0.29) is 6.61 Å². The second-order valence-corrected chi connectivity index (χ2v) is 7.30. The Bertz CT molecular complexity index is 835. The topological polar surface area (TPSA) is 96.2 Å². The van der Waals surface area contributed by atoms with E-state index in [0.717, 1.165) is 17.0 Å². The van der Waals surface area contributed by atoms with E-state index in [1.807, 2.05) is 13.0 Å². The largest absolute Gasteiger partial charge is 0.394 e. The van der Waals surface area contributed by atoms with Crippen molar-refractivity contribution < 1.29 is 14.7 Å². The van der Waals surface area contributed by atoms with Gasteiger partial charge in [0.05, 0.1) is 24.0 Å². The third kappa shape index (κ3) is 3.87. The first-order valence-electron chi connectivity index (χ1n) is 8.20. The summed E-state index contributed by atoms with van der Waals surface area (Å²) in [7, 11) is 0. The number of carbonyl (C=O) groups excluding carboxylic acids is 2. The van der Waals surface area contributed by atoms with E-state index in [4.69, 9.17) is 11.6 Å². The van der Waals surface area contributed by atoms with Gasteiger partial charge in [-0.25, -0.2) is 4.68 Å². The van der Waals surface area contributed by atoms with Crippen LogP contribution in [-0.2, 0) is 21.1 Å². The number of nitrogens with one attached hydrogen (secondary N) is 2. The molecular weight excluding hydrogens is 376 g/mol. The number of carbonyl (C=O) groups is 2. The number of aliphatic hydroxyl groups is 1. The molecule has 3 N–H and O–H groups in total. The van der Waals surface area contributed by atoms with Crippen molar-refractivity contribution in [3.63, 3.8) is 0 Å². The van der Waals surface area contributed by atoms with Crippen LogP contribution in [-0.4, -0.2) is 39.4 Å². The van der Waals surface area contributed by atoms with E-state index in [1.165, 1.54) is 0 Å². The van der Waals surface area contributed by atoms with Gasteiger partial charge in [0.25, 0.3) is 0 Å². The van der Waals surface area contributed by atoms with Gasteiger partial charge >= 0.3 is 11.8 Å². The highest BCUT2D eigenvalue weighted by molar-refractivity contribution is 7.98. The van der Waals surface area contributed by atoms with Gasteiger partial charge in [-0.2, -0.15) is 16.9 Å². The third-order valence-electron chi connectivity index (χ3n) is 4.09. The summed E-state index contributed by atoms with van der Waals surface area (Å²) in [6.07, 6.45) is 0.530. The van der Waals surface area contributed by atoms with Gasteiger partial charge in [-0.1, -0.05) is 24.6 Å². The molecule has 2 amide bonds. The summed E-state index contributed by atoms with van der Waals surface area (Å²) in [5.74, 6) is 0.357. The summed E-state index contributed by atoms with van der Waals surface area (Å²) in [6.45, 7) is 1.60. The minimum atomic E-state index is -0.792. The second kappa shape index (κ2) is 8.11. The van der Waals surface area contributed by atoms with Gasteiger partial charge in [-0.05, 0) is 24.6 Å². The van der Waals surface area contributed by atoms with Crippen molar-refractivity contribution >= 4 is 41.0 Å². The van der Waals surface area contributed by atoms with Crippen molar-refractivity contribution in [3.05, 3.63) is 40.5 Å². The lowest BCUT2D eigenvalue weighted by Crippen LogP contribution is -2.43. The van der Waals surface area contributed by atoms with Crippen molar-refractivity contribution in [2.75, 3.05) is 11.9 Å². The molecule has 1 aromatic carbocycles. The van der Waals surface area contributed by atoms with Crippen LogP contribution in [0, 0.1) is 0 Å². The zero-order chi connectivity index (χ0) is 18.7. The molecule has 3 rings (SSSR count). The first kappa shape index (κ1) is 18.8. The molecule has 0 fully saturated rings. The summed E-state index contributed by atoms with van der Waals surface area (Å²) < 4.78 is 1.60. The molecule has 0 radical (unpaired) electrons. The second-order valence-electron chi connectivity index (χ2n) is 5.87. The molecule has 1 aliphatic heterocycles. The lowest BCUT2D eigenvalue weighted by molar-refractivity contribution is -0.136. The number of halogens is 1. The molecule has 9 heteroatoms. The number of thioether (sulfide) groups is 1. The molecule has 2 aromatic rings. The first-order chi connectivity index (χ1) is 12.5. The SMILES string of the molecule is CC[C@@H](CO)NC(=O)C(=O)Nc1c2c(nn1-c1cccc(Cl)c1)CSC2. The van der Waals surface area contributed by atoms with Crippen LogP contribution in [0.2, 0.25) is 5.02 Å². The highest BCUT2D eigenvalue weighted by Crippen LogP contribution is 2.36. The zero-order valence-electron chi connectivity index (χ0n) is 14.2. The van der Waals surface area contributed by atoms with E-state index in [2.05, 4.69) is 15.7 Å². The summed E-state index contributed by atoms with van der Waals surface area (Å²) in [5, 5.41) is 19.5. The molecule has 0 spiro atoms. The van der Waals surface area contributed by atoms with E-state index in [9.17, 15) is 14.7 Å². The first-order valence-corrected chi connectivity index (χ1v) is 9.74. The third-order valence-corrected chi connectivity index (χ3v) is 5.30. The Hall–Kier alpha value is -2.03. The average molecular weight is 395 g/mol. The number of nitrogens with zero attached hydrogens (tertiary/aromatic N) is 2. The van der Waals surface area contributed by atoms with Crippen LogP contribution in [0.25, 0.3) is 5.69 Å². The predicted octanol–water partition coefficient (Wildman–Crippen LogP) is 2.10. The van der Waals surface area contributed by atoms with Crippen LogP contribution in [0.4, 0.5) is 5.82 Å². The highest BCUT2D eigenvalue weighted by Gasteiger charge is 2.27. The Morgan fingerprint density at radius 1 is 1.38 bits per heavy atom.